The van der Waals surface area contributed by atoms with E-state index in [4.69, 9.17) is 46.6 Å². The maximum atomic E-state index is 13.6. The lowest BCUT2D eigenvalue weighted by molar-refractivity contribution is -0.142. The van der Waals surface area contributed by atoms with E-state index in [9.17, 15) is 43.2 Å². The third-order valence-electron chi connectivity index (χ3n) is 8.59. The first-order valence-corrected chi connectivity index (χ1v) is 18.3. The number of primary amides is 3. The minimum atomic E-state index is -1.64. The Morgan fingerprint density at radius 3 is 2.02 bits per heavy atom. The fraction of sp³-hybridized carbons (Fsp3) is 0.500. The molecule has 1 heterocycles. The Kier molecular flexibility index (Phi) is 18.9. The van der Waals surface area contributed by atoms with E-state index in [2.05, 4.69) is 31.6 Å². The van der Waals surface area contributed by atoms with Gasteiger partial charge in [-0.15, -0.1) is 0 Å². The van der Waals surface area contributed by atoms with Gasteiger partial charge in [0.1, 0.15) is 30.2 Å². The molecule has 2 rings (SSSR count). The van der Waals surface area contributed by atoms with Gasteiger partial charge in [0.05, 0.1) is 12.5 Å². The minimum absolute atomic E-state index is 0.00336. The normalized spacial score (nSPS) is 16.0. The largest absolute Gasteiger partial charge is 0.370 e. The Labute approximate surface area is 333 Å². The molecule has 1 aliphatic heterocycles. The van der Waals surface area contributed by atoms with Crippen molar-refractivity contribution < 1.29 is 43.2 Å². The van der Waals surface area contributed by atoms with Gasteiger partial charge in [-0.1, -0.05) is 42.5 Å². The van der Waals surface area contributed by atoms with E-state index in [0.29, 0.717) is 6.42 Å². The molecule has 1 aliphatic rings. The van der Waals surface area contributed by atoms with Crippen LogP contribution in [0.2, 0.25) is 0 Å². The molecule has 0 aliphatic carbocycles. The summed E-state index contributed by atoms with van der Waals surface area (Å²) < 4.78 is 0. The summed E-state index contributed by atoms with van der Waals surface area (Å²) >= 11 is 4.78. The van der Waals surface area contributed by atoms with E-state index >= 15 is 0 Å². The second kappa shape index (κ2) is 23.0. The zero-order valence-electron chi connectivity index (χ0n) is 31.4. The molecular formula is C34H51N13O9S. The van der Waals surface area contributed by atoms with Gasteiger partial charge in [0.25, 0.3) is 5.91 Å². The molecule has 17 N–H and O–H groups in total. The predicted octanol–water partition coefficient (Wildman–Crippen LogP) is -5.37. The predicted molar refractivity (Wildman–Crippen MR) is 208 cm³/mol. The Balaban J connectivity index is 2.16. The molecule has 9 amide bonds. The van der Waals surface area contributed by atoms with Gasteiger partial charge in [-0.05, 0) is 51.0 Å². The third-order valence-corrected chi connectivity index (χ3v) is 8.90. The van der Waals surface area contributed by atoms with Crippen LogP contribution in [0.15, 0.2) is 35.3 Å². The molecule has 0 radical (unpaired) electrons. The second-order valence-corrected chi connectivity index (χ2v) is 13.6. The maximum Gasteiger partial charge on any atom is 0.276 e. The summed E-state index contributed by atoms with van der Waals surface area (Å²) in [5.41, 5.74) is 33.2. The summed E-state index contributed by atoms with van der Waals surface area (Å²) in [6, 6.07) is 1.02. The summed E-state index contributed by atoms with van der Waals surface area (Å²) in [7, 11) is 0. The van der Waals surface area contributed by atoms with E-state index < -0.39 is 101 Å². The SMILES string of the molecule is C[C@H](NC(=O)[C@H](CC(N)=O)NC(=O)[C@H](CCC(N)=O)NC(=O)[C@@H](N)Cc1ccccc1)C(=O)N1CCC[C@H]1C(=O)N[C@@H](CCCN=C(N)N)C(=O)NC(=S)C(N)=O. The van der Waals surface area contributed by atoms with E-state index in [0.717, 1.165) is 5.56 Å². The number of nitrogens with zero attached hydrogens (tertiary/aromatic N) is 2. The van der Waals surface area contributed by atoms with E-state index in [1.807, 2.05) is 0 Å². The van der Waals surface area contributed by atoms with Crippen molar-refractivity contribution in [2.75, 3.05) is 13.1 Å². The van der Waals surface area contributed by atoms with E-state index in [1.54, 1.807) is 30.3 Å². The molecule has 1 fully saturated rings. The van der Waals surface area contributed by atoms with Gasteiger partial charge >= 0.3 is 0 Å². The molecule has 6 atom stereocenters. The standard InChI is InChI=1S/C34H51N13O9S/c1-17(33(56)47-14-6-10-23(47)31(55)44-20(9-5-13-41-34(39)40)29(53)46-32(57)26(38)50)42-30(54)22(16-25(37)49)45-28(52)21(11-12-24(36)48)43-27(51)19(35)15-18-7-3-2-4-8-18/h2-4,7-8,17,19-23H,5-6,9-16,35H2,1H3,(H2,36,48)(H2,37,49)(H2,38,50)(H,42,54)(H,43,51)(H,44,55)(H,45,52)(H4,39,40,41)(H,46,53,57)/t17-,19-,20-,21-,22-,23-/m0/s1. The fourth-order valence-corrected chi connectivity index (χ4v) is 5.81. The number of benzene rings is 1. The van der Waals surface area contributed by atoms with Gasteiger partial charge in [0.15, 0.2) is 10.9 Å². The van der Waals surface area contributed by atoms with Crippen molar-refractivity contribution in [3.8, 4) is 0 Å². The first-order chi connectivity index (χ1) is 26.8. The van der Waals surface area contributed by atoms with Crippen molar-refractivity contribution >= 4 is 76.3 Å². The number of likely N-dealkylation sites (tertiary alicyclic amines) is 1. The van der Waals surface area contributed by atoms with E-state index in [1.165, 1.54) is 11.8 Å². The quantitative estimate of drug-likeness (QED) is 0.0239. The van der Waals surface area contributed by atoms with Crippen LogP contribution in [0.4, 0.5) is 0 Å². The summed E-state index contributed by atoms with van der Waals surface area (Å²) in [4.78, 5) is 119. The van der Waals surface area contributed by atoms with Crippen LogP contribution in [-0.4, -0.2) is 118 Å². The van der Waals surface area contributed by atoms with Crippen LogP contribution < -0.4 is 61.0 Å². The zero-order valence-corrected chi connectivity index (χ0v) is 32.2. The van der Waals surface area contributed by atoms with Gasteiger partial charge in [-0.3, -0.25) is 48.1 Å². The van der Waals surface area contributed by atoms with Crippen LogP contribution in [0.5, 0.6) is 0 Å². The van der Waals surface area contributed by atoms with Gasteiger partial charge in [0, 0.05) is 19.5 Å². The first kappa shape index (κ1) is 46.9. The van der Waals surface area contributed by atoms with Crippen molar-refractivity contribution in [2.24, 2.45) is 39.4 Å². The second-order valence-electron chi connectivity index (χ2n) is 13.2. The summed E-state index contributed by atoms with van der Waals surface area (Å²) in [6.45, 7) is 1.51. The average molecular weight is 818 g/mol. The molecule has 0 spiro atoms. The number of guanidine groups is 1. The highest BCUT2D eigenvalue weighted by molar-refractivity contribution is 7.82. The molecular weight excluding hydrogens is 767 g/mol. The first-order valence-electron chi connectivity index (χ1n) is 17.9. The van der Waals surface area contributed by atoms with E-state index in [-0.39, 0.29) is 57.6 Å². The topological polar surface area (TPSA) is 385 Å². The lowest BCUT2D eigenvalue weighted by atomic mass is 10.0. The Hall–Kier alpha value is -6.23. The van der Waals surface area contributed by atoms with Gasteiger partial charge in [-0.25, -0.2) is 0 Å². The van der Waals surface area contributed by atoms with Crippen LogP contribution in [-0.2, 0) is 49.6 Å². The number of carbonyl (C=O) groups is 9. The Bertz CT molecular complexity index is 1710. The molecule has 1 saturated heterocycles. The number of nitrogens with two attached hydrogens (primary N) is 6. The van der Waals surface area contributed by atoms with Crippen molar-refractivity contribution in [3.63, 3.8) is 0 Å². The third kappa shape index (κ3) is 16.2. The number of rotatable bonds is 21. The molecule has 22 nitrogen and oxygen atoms in total. The van der Waals surface area contributed by atoms with Crippen LogP contribution in [0.1, 0.15) is 57.4 Å². The fourth-order valence-electron chi connectivity index (χ4n) is 5.71. The van der Waals surface area contributed by atoms with Gasteiger partial charge in [-0.2, -0.15) is 0 Å². The van der Waals surface area contributed by atoms with Crippen molar-refractivity contribution in [2.45, 2.75) is 94.5 Å². The van der Waals surface area contributed by atoms with Crippen LogP contribution in [0, 0.1) is 0 Å². The van der Waals surface area contributed by atoms with Crippen molar-refractivity contribution in [1.82, 2.24) is 31.5 Å². The summed E-state index contributed by atoms with van der Waals surface area (Å²) in [5, 5.41) is 11.9. The minimum Gasteiger partial charge on any atom is -0.370 e. The number of aliphatic imine (C=N–C) groups is 1. The molecule has 0 saturated carbocycles. The maximum absolute atomic E-state index is 13.6. The molecule has 0 unspecified atom stereocenters. The monoisotopic (exact) mass is 817 g/mol. The zero-order chi connectivity index (χ0) is 42.8. The van der Waals surface area contributed by atoms with Gasteiger partial charge in [0.2, 0.25) is 47.3 Å². The van der Waals surface area contributed by atoms with Crippen LogP contribution >= 0.6 is 12.2 Å². The lowest BCUT2D eigenvalue weighted by Gasteiger charge is -2.29. The number of nitrogens with one attached hydrogen (secondary N) is 5. The van der Waals surface area contributed by atoms with Crippen LogP contribution in [0.3, 0.4) is 0 Å². The molecule has 1 aromatic carbocycles. The van der Waals surface area contributed by atoms with Crippen LogP contribution in [0.25, 0.3) is 0 Å². The molecule has 0 bridgehead atoms. The molecule has 1 aromatic rings. The Morgan fingerprint density at radius 1 is 0.807 bits per heavy atom. The Morgan fingerprint density at radius 2 is 1.42 bits per heavy atom. The summed E-state index contributed by atoms with van der Waals surface area (Å²) in [6.07, 6.45) is -0.416. The number of amides is 9. The molecule has 312 valence electrons. The smallest absolute Gasteiger partial charge is 0.276 e. The highest BCUT2D eigenvalue weighted by atomic mass is 32.1. The number of hydrogen-bond donors (Lipinski definition) is 11. The molecule has 0 aromatic heterocycles. The molecule has 23 heteroatoms. The molecule has 57 heavy (non-hydrogen) atoms. The summed E-state index contributed by atoms with van der Waals surface area (Å²) in [5.74, 6) is -8.04. The lowest BCUT2D eigenvalue weighted by Crippen LogP contribution is -2.59. The van der Waals surface area contributed by atoms with Crippen molar-refractivity contribution in [1.29, 1.82) is 0 Å². The highest BCUT2D eigenvalue weighted by Gasteiger charge is 2.39. The number of carbonyl (C=O) groups excluding carboxylic acids is 9. The van der Waals surface area contributed by atoms with Gasteiger partial charge < -0.3 is 65.9 Å². The van der Waals surface area contributed by atoms with Crippen molar-refractivity contribution in [3.05, 3.63) is 35.9 Å². The number of thiocarbonyl (C=S) groups is 1. The average Bonchev–Trinajstić information content (AvgIpc) is 3.64. The number of hydrogen-bond acceptors (Lipinski definition) is 12. The highest BCUT2D eigenvalue weighted by Crippen LogP contribution is 2.19.